The summed E-state index contributed by atoms with van der Waals surface area (Å²) < 4.78 is 0. The second-order valence-corrected chi connectivity index (χ2v) is 49.0. The zero-order chi connectivity index (χ0) is 81.3. The maximum absolute atomic E-state index is 2.46. The van der Waals surface area contributed by atoms with Crippen molar-refractivity contribution in [2.45, 2.75) is 527 Å². The summed E-state index contributed by atoms with van der Waals surface area (Å²) in [7, 11) is 0. The van der Waals surface area contributed by atoms with Crippen LogP contribution in [0.2, 0.25) is 0 Å². The third-order valence-corrected chi connectivity index (χ3v) is 38.1. The van der Waals surface area contributed by atoms with Crippen LogP contribution in [-0.2, 0) is 0 Å². The quantitative estimate of drug-likeness (QED) is 0.168. The van der Waals surface area contributed by atoms with Gasteiger partial charge < -0.3 is 0 Å². The molecular weight excluding hydrogens is 1380 g/mol. The van der Waals surface area contributed by atoms with Crippen molar-refractivity contribution in [2.24, 2.45) is 189 Å². The molecule has 24 rings (SSSR count). The molecule has 0 aromatic carbocycles. The monoisotopic (exact) mass is 1590 g/mol. The van der Waals surface area contributed by atoms with Crippen LogP contribution in [0.3, 0.4) is 0 Å². The van der Waals surface area contributed by atoms with Gasteiger partial charge in [-0.25, -0.2) is 0 Å². The van der Waals surface area contributed by atoms with Crippen molar-refractivity contribution in [3.63, 3.8) is 0 Å². The van der Waals surface area contributed by atoms with Gasteiger partial charge in [0, 0.05) is 0 Å². The summed E-state index contributed by atoms with van der Waals surface area (Å²) in [6.07, 6.45) is 107. The van der Waals surface area contributed by atoms with E-state index in [1.165, 1.54) is 261 Å². The Hall–Kier alpha value is -0.260. The largest absolute Gasteiger partial charge is 0.0851 e. The van der Waals surface area contributed by atoms with Gasteiger partial charge in [0.05, 0.1) is 0 Å². The molecule has 0 radical (unpaired) electrons. The van der Waals surface area contributed by atoms with E-state index < -0.39 is 0 Å². The van der Waals surface area contributed by atoms with E-state index in [1.807, 2.05) is 0 Å². The fraction of sp³-hybridized carbons (Fsp3) is 0.983. The molecule has 0 saturated heterocycles. The first-order valence-electron chi connectivity index (χ1n) is 55.4. The van der Waals surface area contributed by atoms with E-state index in [1.54, 1.807) is 193 Å². The van der Waals surface area contributed by atoms with Gasteiger partial charge in [0.1, 0.15) is 0 Å². The van der Waals surface area contributed by atoms with Crippen molar-refractivity contribution in [3.05, 3.63) is 12.2 Å². The highest BCUT2D eigenvalue weighted by Crippen LogP contribution is 2.60. The topological polar surface area (TPSA) is 0 Å². The molecular formula is C115H210. The van der Waals surface area contributed by atoms with Crippen LogP contribution in [0.1, 0.15) is 527 Å². The molecule has 0 aromatic heterocycles. The number of hydrogen-bond acceptors (Lipinski definition) is 0. The van der Waals surface area contributed by atoms with Crippen LogP contribution in [0.4, 0.5) is 0 Å². The third-order valence-electron chi connectivity index (χ3n) is 38.1. The van der Waals surface area contributed by atoms with Crippen LogP contribution in [-0.4, -0.2) is 0 Å². The third kappa shape index (κ3) is 35.6. The Bertz CT molecular complexity index is 2390. The molecule has 23 fully saturated rings. The summed E-state index contributed by atoms with van der Waals surface area (Å²) in [5.41, 5.74) is 0. The molecule has 21 unspecified atom stereocenters. The Labute approximate surface area is 724 Å². The summed E-state index contributed by atoms with van der Waals surface area (Å²) in [4.78, 5) is 0. The van der Waals surface area contributed by atoms with Crippen molar-refractivity contribution >= 4 is 0 Å². The van der Waals surface area contributed by atoms with Gasteiger partial charge in [-0.2, -0.15) is 0 Å². The van der Waals surface area contributed by atoms with Crippen LogP contribution in [0.25, 0.3) is 0 Å². The molecule has 23 saturated carbocycles. The van der Waals surface area contributed by atoms with E-state index in [2.05, 4.69) is 109 Å². The van der Waals surface area contributed by atoms with Gasteiger partial charge in [0.15, 0.2) is 0 Å². The molecule has 0 aromatic rings. The number of hydrogen-bond donors (Lipinski definition) is 0. The minimum atomic E-state index is 0.958. The molecule has 0 heteroatoms. The van der Waals surface area contributed by atoms with Gasteiger partial charge in [-0.3, -0.25) is 0 Å². The molecule has 21 atom stereocenters. The average Bonchev–Trinajstić information content (AvgIpc) is 1.61. The maximum atomic E-state index is 2.46. The number of rotatable bonds is 0. The molecule has 115 heavy (non-hydrogen) atoms. The molecule has 0 N–H and O–H groups in total. The highest BCUT2D eigenvalue weighted by molar-refractivity contribution is 5.09. The smallest absolute Gasteiger partial charge is 0.0202 e. The lowest BCUT2D eigenvalue weighted by atomic mass is 9.65. The van der Waals surface area contributed by atoms with Crippen molar-refractivity contribution in [1.29, 1.82) is 0 Å². The first kappa shape index (κ1) is 96.9. The Kier molecular flexibility index (Phi) is 44.9. The van der Waals surface area contributed by atoms with Gasteiger partial charge in [0.25, 0.3) is 0 Å². The molecule has 0 nitrogen and oxygen atoms in total. The van der Waals surface area contributed by atoms with E-state index in [-0.39, 0.29) is 0 Å². The number of fused-ring (bicyclic) bond motifs is 16. The molecule has 0 aliphatic heterocycles. The second-order valence-electron chi connectivity index (χ2n) is 49.0. The highest BCUT2D eigenvalue weighted by Gasteiger charge is 2.51. The van der Waals surface area contributed by atoms with Crippen LogP contribution in [0, 0.1) is 189 Å². The molecule has 0 amide bonds. The molecule has 24 aliphatic rings. The van der Waals surface area contributed by atoms with Crippen LogP contribution in [0.15, 0.2) is 12.2 Å². The van der Waals surface area contributed by atoms with Crippen LogP contribution in [0.5, 0.6) is 0 Å². The molecule has 24 aliphatic carbocycles. The van der Waals surface area contributed by atoms with Crippen molar-refractivity contribution < 1.29 is 0 Å². The normalized spacial score (nSPS) is 41.9. The van der Waals surface area contributed by atoms with Crippen LogP contribution >= 0.6 is 0 Å². The summed E-state index contributed by atoms with van der Waals surface area (Å²) >= 11 is 0. The Balaban J connectivity index is 0.000000132. The minimum absolute atomic E-state index is 0.958. The molecule has 0 heterocycles. The van der Waals surface area contributed by atoms with E-state index in [4.69, 9.17) is 0 Å². The first-order valence-corrected chi connectivity index (χ1v) is 55.4. The lowest BCUT2D eigenvalue weighted by molar-refractivity contribution is 0.111. The molecule has 0 spiro atoms. The van der Waals surface area contributed by atoms with Gasteiger partial charge >= 0.3 is 0 Å². The summed E-state index contributed by atoms with van der Waals surface area (Å²) in [6, 6.07) is 0. The first-order chi connectivity index (χ1) is 55.7. The van der Waals surface area contributed by atoms with Crippen molar-refractivity contribution in [1.82, 2.24) is 0 Å². The summed E-state index contributed by atoms with van der Waals surface area (Å²) in [5.74, 6) is 35.0. The lowest BCUT2D eigenvalue weighted by Gasteiger charge is -2.40. The van der Waals surface area contributed by atoms with E-state index in [9.17, 15) is 0 Å². The Morgan fingerprint density at radius 3 is 0.704 bits per heavy atom. The standard InChI is InChI=1S/C11H18.C11H20.2C10H18.2C9H16.C9H18.C8H14.C8H12.C8H16.C7H14.C6H12.C5H10.C4H8/c1-7-4-10-8-2-3-9(6-8)11(10)5-7;1-9-6-7-10-4-2-3-5-11(10)8-9;1-8-5-6-9-3-2-4-10(9)7-8;1-8-6-9-4-2-3-5-10(9)7-8;1-7-6-8-2-4-9(7)5-3-8;1-7-5-8-3-2-4-9(8)6-7;1-9-7-5-3-2-4-6-8-9;2*1-6-4-7-2-3-8(6)5-7;1-8-6-4-2-3-5-7-8;1-7-5-3-2-4-6-7;1-6-4-2-3-5-6;1-5-3-2-4-5;1-4-2-3-4/h7-11H,2-6H2,1H3;9-11H,2-8H2,1H3;2*8-10H,2-7H2,1H3;2*7-9H,2-6H2,1H3;9H,2-8H2,1H3;6-8H,2-5H2,1H3;2-3,6-8H,4-5H2,1H3;8H,2-7H2,1H3;7H,2-6H2,1H3;6H,2-5H2,1H3;5H,2-4H2,1H3;4H,2-3H2,1H3. The molecule has 670 valence electrons. The fourth-order valence-electron chi connectivity index (χ4n) is 29.9. The van der Waals surface area contributed by atoms with E-state index in [0.29, 0.717) is 0 Å². The highest BCUT2D eigenvalue weighted by atomic mass is 14.6. The predicted molar refractivity (Wildman–Crippen MR) is 510 cm³/mol. The maximum Gasteiger partial charge on any atom is -0.0202 e. The Morgan fingerprint density at radius 1 is 0.139 bits per heavy atom. The van der Waals surface area contributed by atoms with E-state index >= 15 is 0 Å². The zero-order valence-electron chi connectivity index (χ0n) is 81.0. The molecule has 8 bridgehead atoms. The van der Waals surface area contributed by atoms with E-state index in [0.717, 1.165) is 166 Å². The van der Waals surface area contributed by atoms with Crippen molar-refractivity contribution in [3.8, 4) is 0 Å². The minimum Gasteiger partial charge on any atom is -0.0851 e. The van der Waals surface area contributed by atoms with Gasteiger partial charge in [0.2, 0.25) is 0 Å². The predicted octanol–water partition coefficient (Wildman–Crippen LogP) is 37.8. The number of allylic oxidation sites excluding steroid dienone is 2. The van der Waals surface area contributed by atoms with Gasteiger partial charge in [-0.05, 0) is 324 Å². The summed E-state index contributed by atoms with van der Waals surface area (Å²) in [5, 5.41) is 0. The van der Waals surface area contributed by atoms with Gasteiger partial charge in [-0.1, -0.05) is 404 Å². The van der Waals surface area contributed by atoms with Crippen LogP contribution < -0.4 is 0 Å². The lowest BCUT2D eigenvalue weighted by Crippen LogP contribution is -2.29. The Morgan fingerprint density at radius 2 is 0.417 bits per heavy atom. The van der Waals surface area contributed by atoms with Crippen molar-refractivity contribution in [2.75, 3.05) is 0 Å². The fourth-order valence-corrected chi connectivity index (χ4v) is 29.9. The SMILES string of the molecule is CC1CC1.CC1CC2C3CCC(C3)C2C1.CC1CC2C=CC1C2.CC1CC2CCC1C2.CC1CC2CCC1CC2.CC1CC2CCCC2C1.CC1CC2CCCCC2C1.CC1CCC1.CC1CCC2CCCC2C1.CC1CCC2CCCCC2C1.CC1CCCC1.CC1CCCCC1.CC1CCCCCC1.CC1CCCCCCC1. The van der Waals surface area contributed by atoms with Gasteiger partial charge in [-0.15, -0.1) is 0 Å². The average molecular weight is 1590 g/mol. The zero-order valence-corrected chi connectivity index (χ0v) is 81.0. The second kappa shape index (κ2) is 53.3. The summed E-state index contributed by atoms with van der Waals surface area (Å²) in [6.45, 7) is 33.5.